The molecule has 0 saturated heterocycles. The lowest BCUT2D eigenvalue weighted by Gasteiger charge is -2.08. The van der Waals surface area contributed by atoms with Gasteiger partial charge in [-0.2, -0.15) is 0 Å². The summed E-state index contributed by atoms with van der Waals surface area (Å²) in [5.74, 6) is 0.948. The Morgan fingerprint density at radius 1 is 1.14 bits per heavy atom. The number of ether oxygens (including phenoxy) is 1. The first-order valence-electron chi connectivity index (χ1n) is 7.35. The molecule has 0 radical (unpaired) electrons. The lowest BCUT2D eigenvalue weighted by Crippen LogP contribution is -2.26. The highest BCUT2D eigenvalue weighted by atomic mass is 32.2. The highest BCUT2D eigenvalue weighted by Gasteiger charge is 2.14. The van der Waals surface area contributed by atoms with Gasteiger partial charge in [0.05, 0.1) is 11.5 Å². The first-order valence-corrected chi connectivity index (χ1v) is 8.84. The molecule has 2 aromatic carbocycles. The first-order chi connectivity index (χ1) is 10.5. The summed E-state index contributed by atoms with van der Waals surface area (Å²) in [6, 6.07) is 12.9. The van der Waals surface area contributed by atoms with Gasteiger partial charge in [-0.15, -0.1) is 0 Å². The summed E-state index contributed by atoms with van der Waals surface area (Å²) in [6.07, 6.45) is 1.59. The van der Waals surface area contributed by atoms with Crippen LogP contribution in [0.1, 0.15) is 16.7 Å². The van der Waals surface area contributed by atoms with Crippen LogP contribution in [-0.2, 0) is 22.9 Å². The maximum atomic E-state index is 12.2. The van der Waals surface area contributed by atoms with Gasteiger partial charge in [-0.3, -0.25) is 0 Å². The van der Waals surface area contributed by atoms with Gasteiger partial charge >= 0.3 is 0 Å². The molecule has 0 aliphatic carbocycles. The number of nitrogens with one attached hydrogen (secondary N) is 1. The summed E-state index contributed by atoms with van der Waals surface area (Å²) in [7, 11) is -3.43. The molecule has 0 amide bonds. The summed E-state index contributed by atoms with van der Waals surface area (Å²) in [5, 5.41) is 0. The zero-order valence-electron chi connectivity index (χ0n) is 12.5. The molecule has 4 nitrogen and oxygen atoms in total. The van der Waals surface area contributed by atoms with Crippen molar-refractivity contribution in [2.45, 2.75) is 24.7 Å². The summed E-state index contributed by atoms with van der Waals surface area (Å²) >= 11 is 0. The molecular weight excluding hydrogens is 298 g/mol. The van der Waals surface area contributed by atoms with Crippen LogP contribution in [0.15, 0.2) is 47.4 Å². The molecule has 22 heavy (non-hydrogen) atoms. The van der Waals surface area contributed by atoms with Crippen LogP contribution in [0, 0.1) is 6.92 Å². The zero-order valence-corrected chi connectivity index (χ0v) is 13.3. The smallest absolute Gasteiger partial charge is 0.240 e. The Kier molecular flexibility index (Phi) is 4.18. The van der Waals surface area contributed by atoms with E-state index in [2.05, 4.69) is 10.8 Å². The van der Waals surface area contributed by atoms with Crippen LogP contribution in [-0.4, -0.2) is 21.6 Å². The van der Waals surface area contributed by atoms with Crippen molar-refractivity contribution in [1.82, 2.24) is 4.72 Å². The number of hydrogen-bond acceptors (Lipinski definition) is 3. The highest BCUT2D eigenvalue weighted by molar-refractivity contribution is 7.89. The molecule has 0 fully saturated rings. The Balaban J connectivity index is 1.61. The van der Waals surface area contributed by atoms with E-state index in [-0.39, 0.29) is 0 Å². The number of sulfonamides is 1. The molecule has 1 N–H and O–H groups in total. The molecule has 1 aliphatic rings. The van der Waals surface area contributed by atoms with Crippen molar-refractivity contribution in [1.29, 1.82) is 0 Å². The SMILES string of the molecule is Cc1ccc(S(=O)(=O)NCCc2ccc3c(c2)CCO3)cc1. The molecule has 1 aliphatic heterocycles. The Bertz CT molecular complexity index is 767. The van der Waals surface area contributed by atoms with Crippen molar-refractivity contribution >= 4 is 10.0 Å². The van der Waals surface area contributed by atoms with Gasteiger partial charge in [-0.1, -0.05) is 29.8 Å². The second kappa shape index (κ2) is 6.10. The fraction of sp³-hybridized carbons (Fsp3) is 0.294. The molecule has 0 atom stereocenters. The van der Waals surface area contributed by atoms with Crippen LogP contribution in [0.25, 0.3) is 0 Å². The van der Waals surface area contributed by atoms with Gasteiger partial charge in [0.25, 0.3) is 0 Å². The Hall–Kier alpha value is -1.85. The Morgan fingerprint density at radius 2 is 1.91 bits per heavy atom. The third kappa shape index (κ3) is 3.31. The number of hydrogen-bond donors (Lipinski definition) is 1. The van der Waals surface area contributed by atoms with Crippen LogP contribution in [0.4, 0.5) is 0 Å². The van der Waals surface area contributed by atoms with E-state index in [1.807, 2.05) is 19.1 Å². The second-order valence-corrected chi connectivity index (χ2v) is 7.27. The maximum absolute atomic E-state index is 12.2. The van der Waals surface area contributed by atoms with Crippen LogP contribution < -0.4 is 9.46 Å². The third-order valence-corrected chi connectivity index (χ3v) is 5.27. The van der Waals surface area contributed by atoms with Crippen LogP contribution in [0.3, 0.4) is 0 Å². The van der Waals surface area contributed by atoms with E-state index in [9.17, 15) is 8.42 Å². The molecule has 5 heteroatoms. The number of fused-ring (bicyclic) bond motifs is 1. The summed E-state index contributed by atoms with van der Waals surface area (Å²) in [5.41, 5.74) is 3.37. The minimum Gasteiger partial charge on any atom is -0.493 e. The Labute approximate surface area is 131 Å². The van der Waals surface area contributed by atoms with Crippen molar-refractivity contribution in [2.24, 2.45) is 0 Å². The molecular formula is C17H19NO3S. The monoisotopic (exact) mass is 317 g/mol. The predicted octanol–water partition coefficient (Wildman–Crippen LogP) is 2.45. The topological polar surface area (TPSA) is 55.4 Å². The van der Waals surface area contributed by atoms with Gasteiger partial charge in [-0.05, 0) is 42.7 Å². The van der Waals surface area contributed by atoms with E-state index >= 15 is 0 Å². The molecule has 1 heterocycles. The summed E-state index contributed by atoms with van der Waals surface area (Å²) in [4.78, 5) is 0.306. The van der Waals surface area contributed by atoms with E-state index < -0.39 is 10.0 Å². The van der Waals surface area contributed by atoms with E-state index in [4.69, 9.17) is 4.74 Å². The molecule has 0 spiro atoms. The molecule has 0 saturated carbocycles. The number of aryl methyl sites for hydroxylation is 1. The lowest BCUT2D eigenvalue weighted by molar-refractivity contribution is 0.357. The molecule has 0 unspecified atom stereocenters. The molecule has 116 valence electrons. The van der Waals surface area contributed by atoms with Crippen molar-refractivity contribution in [3.05, 3.63) is 59.2 Å². The highest BCUT2D eigenvalue weighted by Crippen LogP contribution is 2.25. The van der Waals surface area contributed by atoms with Crippen LogP contribution >= 0.6 is 0 Å². The van der Waals surface area contributed by atoms with Crippen molar-refractivity contribution in [2.75, 3.05) is 13.2 Å². The number of rotatable bonds is 5. The van der Waals surface area contributed by atoms with Crippen molar-refractivity contribution in [3.63, 3.8) is 0 Å². The first kappa shape index (κ1) is 15.1. The standard InChI is InChI=1S/C17H19NO3S/c1-13-2-5-16(6-3-13)22(19,20)18-10-8-14-4-7-17-15(12-14)9-11-21-17/h2-7,12,18H,8-11H2,1H3. The van der Waals surface area contributed by atoms with Crippen LogP contribution in [0.2, 0.25) is 0 Å². The van der Waals surface area contributed by atoms with Gasteiger partial charge < -0.3 is 4.74 Å². The van der Waals surface area contributed by atoms with Crippen molar-refractivity contribution < 1.29 is 13.2 Å². The van der Waals surface area contributed by atoms with Gasteiger partial charge in [0, 0.05) is 13.0 Å². The molecule has 0 bridgehead atoms. The Morgan fingerprint density at radius 3 is 2.68 bits per heavy atom. The predicted molar refractivity (Wildman–Crippen MR) is 85.7 cm³/mol. The summed E-state index contributed by atoms with van der Waals surface area (Å²) in [6.45, 7) is 3.05. The minimum absolute atomic E-state index is 0.306. The molecule has 0 aromatic heterocycles. The van der Waals surface area contributed by atoms with E-state index in [1.54, 1.807) is 24.3 Å². The average molecular weight is 317 g/mol. The normalized spacial score (nSPS) is 13.7. The van der Waals surface area contributed by atoms with E-state index in [0.717, 1.165) is 29.9 Å². The molecule has 3 rings (SSSR count). The quantitative estimate of drug-likeness (QED) is 0.921. The minimum atomic E-state index is -3.43. The van der Waals surface area contributed by atoms with E-state index in [0.29, 0.717) is 17.9 Å². The molecule has 2 aromatic rings. The fourth-order valence-corrected chi connectivity index (χ4v) is 3.56. The summed E-state index contributed by atoms with van der Waals surface area (Å²) < 4.78 is 32.5. The van der Waals surface area contributed by atoms with Gasteiger partial charge in [-0.25, -0.2) is 13.1 Å². The van der Waals surface area contributed by atoms with Gasteiger partial charge in [0.1, 0.15) is 5.75 Å². The maximum Gasteiger partial charge on any atom is 0.240 e. The van der Waals surface area contributed by atoms with Gasteiger partial charge in [0.15, 0.2) is 0 Å². The van der Waals surface area contributed by atoms with Gasteiger partial charge in [0.2, 0.25) is 10.0 Å². The third-order valence-electron chi connectivity index (χ3n) is 3.79. The lowest BCUT2D eigenvalue weighted by atomic mass is 10.1. The average Bonchev–Trinajstić information content (AvgIpc) is 2.95. The van der Waals surface area contributed by atoms with E-state index in [1.165, 1.54) is 5.56 Å². The van der Waals surface area contributed by atoms with Crippen molar-refractivity contribution in [3.8, 4) is 5.75 Å². The van der Waals surface area contributed by atoms with Crippen LogP contribution in [0.5, 0.6) is 5.75 Å². The fourth-order valence-electron chi connectivity index (χ4n) is 2.53. The zero-order chi connectivity index (χ0) is 15.6. The largest absolute Gasteiger partial charge is 0.493 e. The second-order valence-electron chi connectivity index (χ2n) is 5.50. The number of benzene rings is 2.